The highest BCUT2D eigenvalue weighted by atomic mass is 19.1. The van der Waals surface area contributed by atoms with E-state index in [1.165, 1.54) is 6.07 Å². The molecule has 0 amide bonds. The second-order valence-electron chi connectivity index (χ2n) is 4.24. The lowest BCUT2D eigenvalue weighted by molar-refractivity contribution is 0.560. The molecular formula is C13H21FN2. The van der Waals surface area contributed by atoms with E-state index in [-0.39, 0.29) is 11.9 Å². The van der Waals surface area contributed by atoms with Gasteiger partial charge in [-0.05, 0) is 31.0 Å². The standard InChI is InChI=1S/C13H21FN2/c1-3-5-12(15)8-9-16(2)13-7-4-6-11(14)10-13/h4,6-7,10,12H,3,5,8-9,15H2,1-2H3. The number of nitrogens with two attached hydrogens (primary N) is 1. The summed E-state index contributed by atoms with van der Waals surface area (Å²) in [5.74, 6) is -0.192. The molecule has 0 saturated carbocycles. The fourth-order valence-corrected chi connectivity index (χ4v) is 1.72. The molecule has 0 aliphatic carbocycles. The van der Waals surface area contributed by atoms with Crippen molar-refractivity contribution in [3.8, 4) is 0 Å². The van der Waals surface area contributed by atoms with Gasteiger partial charge in [0.1, 0.15) is 5.82 Å². The van der Waals surface area contributed by atoms with Crippen LogP contribution >= 0.6 is 0 Å². The predicted molar refractivity (Wildman–Crippen MR) is 67.2 cm³/mol. The summed E-state index contributed by atoms with van der Waals surface area (Å²) < 4.78 is 13.0. The minimum atomic E-state index is -0.192. The lowest BCUT2D eigenvalue weighted by atomic mass is 10.1. The van der Waals surface area contributed by atoms with Crippen LogP contribution in [0.3, 0.4) is 0 Å². The van der Waals surface area contributed by atoms with E-state index in [4.69, 9.17) is 5.73 Å². The van der Waals surface area contributed by atoms with E-state index in [1.54, 1.807) is 12.1 Å². The van der Waals surface area contributed by atoms with E-state index >= 15 is 0 Å². The molecule has 0 aromatic heterocycles. The van der Waals surface area contributed by atoms with E-state index < -0.39 is 0 Å². The largest absolute Gasteiger partial charge is 0.374 e. The minimum Gasteiger partial charge on any atom is -0.374 e. The Kier molecular flexibility index (Phi) is 5.26. The number of anilines is 1. The van der Waals surface area contributed by atoms with Crippen LogP contribution in [0.2, 0.25) is 0 Å². The summed E-state index contributed by atoms with van der Waals surface area (Å²) in [5, 5.41) is 0. The molecule has 1 rings (SSSR count). The van der Waals surface area contributed by atoms with Gasteiger partial charge in [-0.1, -0.05) is 19.4 Å². The Bertz CT molecular complexity index is 315. The first-order chi connectivity index (χ1) is 7.63. The molecule has 0 fully saturated rings. The van der Waals surface area contributed by atoms with Crippen molar-refractivity contribution in [3.63, 3.8) is 0 Å². The molecular weight excluding hydrogens is 203 g/mol. The third-order valence-corrected chi connectivity index (χ3v) is 2.74. The summed E-state index contributed by atoms with van der Waals surface area (Å²) in [5.41, 5.74) is 6.85. The van der Waals surface area contributed by atoms with E-state index in [0.717, 1.165) is 31.5 Å². The smallest absolute Gasteiger partial charge is 0.125 e. The van der Waals surface area contributed by atoms with E-state index in [9.17, 15) is 4.39 Å². The molecule has 0 aliphatic rings. The lowest BCUT2D eigenvalue weighted by Gasteiger charge is -2.21. The zero-order valence-electron chi connectivity index (χ0n) is 10.1. The van der Waals surface area contributed by atoms with Crippen molar-refractivity contribution < 1.29 is 4.39 Å². The lowest BCUT2D eigenvalue weighted by Crippen LogP contribution is -2.27. The number of hydrogen-bond donors (Lipinski definition) is 1. The summed E-state index contributed by atoms with van der Waals surface area (Å²) in [6.07, 6.45) is 3.11. The molecule has 2 N–H and O–H groups in total. The Morgan fingerprint density at radius 3 is 2.75 bits per heavy atom. The third-order valence-electron chi connectivity index (χ3n) is 2.74. The van der Waals surface area contributed by atoms with Crippen molar-refractivity contribution >= 4 is 5.69 Å². The summed E-state index contributed by atoms with van der Waals surface area (Å²) in [7, 11) is 1.97. The maximum absolute atomic E-state index is 13.0. The summed E-state index contributed by atoms with van der Waals surface area (Å²) in [6.45, 7) is 3.00. The topological polar surface area (TPSA) is 29.3 Å². The Labute approximate surface area is 97.3 Å². The van der Waals surface area contributed by atoms with E-state index in [0.29, 0.717) is 0 Å². The summed E-state index contributed by atoms with van der Waals surface area (Å²) in [6, 6.07) is 6.90. The van der Waals surface area contributed by atoms with Crippen molar-refractivity contribution in [1.82, 2.24) is 0 Å². The quantitative estimate of drug-likeness (QED) is 0.805. The molecule has 0 aliphatic heterocycles. The SMILES string of the molecule is CCCC(N)CCN(C)c1cccc(F)c1. The predicted octanol–water partition coefficient (Wildman–Crippen LogP) is 2.78. The maximum Gasteiger partial charge on any atom is 0.125 e. The summed E-state index contributed by atoms with van der Waals surface area (Å²) in [4.78, 5) is 2.04. The molecule has 0 heterocycles. The maximum atomic E-state index is 13.0. The first-order valence-corrected chi connectivity index (χ1v) is 5.85. The molecule has 0 spiro atoms. The number of halogens is 1. The Morgan fingerprint density at radius 1 is 1.38 bits per heavy atom. The molecule has 0 bridgehead atoms. The van der Waals surface area contributed by atoms with Gasteiger partial charge in [0.2, 0.25) is 0 Å². The fourth-order valence-electron chi connectivity index (χ4n) is 1.72. The van der Waals surface area contributed by atoms with Crippen molar-refractivity contribution in [2.24, 2.45) is 5.73 Å². The van der Waals surface area contributed by atoms with Crippen LogP contribution in [-0.2, 0) is 0 Å². The van der Waals surface area contributed by atoms with Crippen molar-refractivity contribution in [1.29, 1.82) is 0 Å². The van der Waals surface area contributed by atoms with Crippen LogP contribution in [0.4, 0.5) is 10.1 Å². The molecule has 16 heavy (non-hydrogen) atoms. The second-order valence-corrected chi connectivity index (χ2v) is 4.24. The van der Waals surface area contributed by atoms with Crippen LogP contribution in [0.1, 0.15) is 26.2 Å². The number of hydrogen-bond acceptors (Lipinski definition) is 2. The van der Waals surface area contributed by atoms with E-state index in [2.05, 4.69) is 6.92 Å². The molecule has 90 valence electrons. The molecule has 0 saturated heterocycles. The van der Waals surface area contributed by atoms with E-state index in [1.807, 2.05) is 18.0 Å². The minimum absolute atomic E-state index is 0.192. The van der Waals surface area contributed by atoms with Crippen LogP contribution in [0.5, 0.6) is 0 Å². The van der Waals surface area contributed by atoms with Crippen molar-refractivity contribution in [3.05, 3.63) is 30.1 Å². The molecule has 1 unspecified atom stereocenters. The highest BCUT2D eigenvalue weighted by Gasteiger charge is 2.05. The Balaban J connectivity index is 2.43. The van der Waals surface area contributed by atoms with Gasteiger partial charge in [-0.3, -0.25) is 0 Å². The monoisotopic (exact) mass is 224 g/mol. The van der Waals surface area contributed by atoms with Crippen LogP contribution in [0.25, 0.3) is 0 Å². The molecule has 0 radical (unpaired) electrons. The zero-order chi connectivity index (χ0) is 12.0. The van der Waals surface area contributed by atoms with Gasteiger partial charge < -0.3 is 10.6 Å². The van der Waals surface area contributed by atoms with Crippen LogP contribution < -0.4 is 10.6 Å². The Morgan fingerprint density at radius 2 is 2.12 bits per heavy atom. The van der Waals surface area contributed by atoms with Gasteiger partial charge in [-0.25, -0.2) is 4.39 Å². The first kappa shape index (κ1) is 13.0. The normalized spacial score (nSPS) is 12.5. The second kappa shape index (κ2) is 6.48. The fraction of sp³-hybridized carbons (Fsp3) is 0.538. The molecule has 1 atom stereocenters. The van der Waals surface area contributed by atoms with Gasteiger partial charge in [0.05, 0.1) is 0 Å². The number of nitrogens with zero attached hydrogens (tertiary/aromatic N) is 1. The molecule has 1 aromatic rings. The van der Waals surface area contributed by atoms with Gasteiger partial charge in [-0.15, -0.1) is 0 Å². The van der Waals surface area contributed by atoms with Gasteiger partial charge in [-0.2, -0.15) is 0 Å². The molecule has 2 nitrogen and oxygen atoms in total. The van der Waals surface area contributed by atoms with Gasteiger partial charge in [0.25, 0.3) is 0 Å². The first-order valence-electron chi connectivity index (χ1n) is 5.85. The zero-order valence-corrected chi connectivity index (χ0v) is 10.1. The third kappa shape index (κ3) is 4.19. The molecule has 3 heteroatoms. The number of benzene rings is 1. The van der Waals surface area contributed by atoms with Crippen molar-refractivity contribution in [2.45, 2.75) is 32.2 Å². The van der Waals surface area contributed by atoms with Crippen molar-refractivity contribution in [2.75, 3.05) is 18.5 Å². The number of rotatable bonds is 6. The Hall–Kier alpha value is -1.09. The average molecular weight is 224 g/mol. The van der Waals surface area contributed by atoms with Crippen LogP contribution in [-0.4, -0.2) is 19.6 Å². The highest BCUT2D eigenvalue weighted by molar-refractivity contribution is 5.45. The van der Waals surface area contributed by atoms with Gasteiger partial charge >= 0.3 is 0 Å². The molecule has 1 aromatic carbocycles. The van der Waals surface area contributed by atoms with Gasteiger partial charge in [0.15, 0.2) is 0 Å². The summed E-state index contributed by atoms with van der Waals surface area (Å²) >= 11 is 0. The van der Waals surface area contributed by atoms with Crippen LogP contribution in [0, 0.1) is 5.82 Å². The van der Waals surface area contributed by atoms with Gasteiger partial charge in [0, 0.05) is 25.3 Å². The van der Waals surface area contributed by atoms with Crippen LogP contribution in [0.15, 0.2) is 24.3 Å². The average Bonchev–Trinajstić information content (AvgIpc) is 2.26. The highest BCUT2D eigenvalue weighted by Crippen LogP contribution is 2.14.